The fourth-order valence-corrected chi connectivity index (χ4v) is 3.97. The van der Waals surface area contributed by atoms with E-state index in [-0.39, 0.29) is 11.3 Å². The summed E-state index contributed by atoms with van der Waals surface area (Å²) in [4.78, 5) is 13.3. The Morgan fingerprint density at radius 2 is 1.66 bits per heavy atom. The number of aryl methyl sites for hydroxylation is 1. The smallest absolute Gasteiger partial charge is 0.230 e. The lowest BCUT2D eigenvalue weighted by atomic mass is 10.0. The van der Waals surface area contributed by atoms with E-state index in [4.69, 9.17) is 10.2 Å². The minimum absolute atomic E-state index is 0.102. The Morgan fingerprint density at radius 1 is 0.938 bits per heavy atom. The van der Waals surface area contributed by atoms with Gasteiger partial charge >= 0.3 is 0 Å². The van der Waals surface area contributed by atoms with Gasteiger partial charge in [-0.1, -0.05) is 66.7 Å². The molecular formula is C27H21FN2O2. The molecule has 0 fully saturated rings. The van der Waals surface area contributed by atoms with Crippen LogP contribution < -0.4 is 11.1 Å². The van der Waals surface area contributed by atoms with Gasteiger partial charge in [0.05, 0.1) is 5.69 Å². The highest BCUT2D eigenvalue weighted by atomic mass is 19.1. The van der Waals surface area contributed by atoms with Crippen LogP contribution in [0.15, 0.2) is 89.3 Å². The SMILES string of the molecule is Cc1ccc(C(=O)c2oc3ccccc3c2NC(N)c2cccc3ccccc23)cc1F. The molecule has 5 rings (SSSR count). The van der Waals surface area contributed by atoms with Crippen molar-refractivity contribution in [2.45, 2.75) is 13.1 Å². The summed E-state index contributed by atoms with van der Waals surface area (Å²) < 4.78 is 20.0. The van der Waals surface area contributed by atoms with Crippen molar-refractivity contribution in [3.8, 4) is 0 Å². The molecule has 0 bridgehead atoms. The number of hydrogen-bond donors (Lipinski definition) is 2. The van der Waals surface area contributed by atoms with Gasteiger partial charge in [0.2, 0.25) is 5.78 Å². The second-order valence-corrected chi connectivity index (χ2v) is 7.79. The first-order valence-corrected chi connectivity index (χ1v) is 10.3. The van der Waals surface area contributed by atoms with Crippen LogP contribution in [-0.2, 0) is 0 Å². The van der Waals surface area contributed by atoms with Gasteiger partial charge in [0, 0.05) is 10.9 Å². The molecule has 0 spiro atoms. The average Bonchev–Trinajstić information content (AvgIpc) is 3.18. The Bertz CT molecular complexity index is 1470. The molecule has 158 valence electrons. The molecule has 4 aromatic carbocycles. The normalized spacial score (nSPS) is 12.2. The van der Waals surface area contributed by atoms with Gasteiger partial charge in [0.15, 0.2) is 5.76 Å². The van der Waals surface area contributed by atoms with Crippen LogP contribution in [0.1, 0.15) is 33.4 Å². The highest BCUT2D eigenvalue weighted by Gasteiger charge is 2.24. The molecule has 0 aliphatic rings. The zero-order chi connectivity index (χ0) is 22.2. The number of para-hydroxylation sites is 1. The minimum Gasteiger partial charge on any atom is -0.450 e. The molecule has 1 atom stereocenters. The van der Waals surface area contributed by atoms with Crippen molar-refractivity contribution in [1.29, 1.82) is 0 Å². The van der Waals surface area contributed by atoms with Crippen LogP contribution >= 0.6 is 0 Å². The third kappa shape index (κ3) is 3.43. The summed E-state index contributed by atoms with van der Waals surface area (Å²) in [6, 6.07) is 25.7. The molecule has 1 aromatic heterocycles. The number of carbonyl (C=O) groups is 1. The van der Waals surface area contributed by atoms with Gasteiger partial charge in [-0.25, -0.2) is 4.39 Å². The quantitative estimate of drug-likeness (QED) is 0.255. The van der Waals surface area contributed by atoms with Crippen LogP contribution in [0.2, 0.25) is 0 Å². The Labute approximate surface area is 184 Å². The lowest BCUT2D eigenvalue weighted by Crippen LogP contribution is -2.21. The van der Waals surface area contributed by atoms with Crippen LogP contribution in [0.25, 0.3) is 21.7 Å². The number of nitrogens with one attached hydrogen (secondary N) is 1. The topological polar surface area (TPSA) is 68.3 Å². The summed E-state index contributed by atoms with van der Waals surface area (Å²) in [6.07, 6.45) is -0.594. The van der Waals surface area contributed by atoms with Gasteiger partial charge in [0.1, 0.15) is 17.6 Å². The van der Waals surface area contributed by atoms with Crippen molar-refractivity contribution in [1.82, 2.24) is 0 Å². The van der Waals surface area contributed by atoms with Gasteiger partial charge < -0.3 is 15.5 Å². The molecule has 0 aliphatic heterocycles. The minimum atomic E-state index is -0.594. The second-order valence-electron chi connectivity index (χ2n) is 7.79. The first kappa shape index (κ1) is 20.0. The number of carbonyl (C=O) groups excluding carboxylic acids is 1. The zero-order valence-electron chi connectivity index (χ0n) is 17.4. The average molecular weight is 424 g/mol. The van der Waals surface area contributed by atoms with Gasteiger partial charge in [-0.15, -0.1) is 0 Å². The van der Waals surface area contributed by atoms with Crippen LogP contribution in [0.4, 0.5) is 10.1 Å². The number of halogens is 1. The molecule has 5 aromatic rings. The predicted octanol–water partition coefficient (Wildman–Crippen LogP) is 6.33. The zero-order valence-corrected chi connectivity index (χ0v) is 17.4. The highest BCUT2D eigenvalue weighted by molar-refractivity contribution is 6.15. The number of rotatable bonds is 5. The fraction of sp³-hybridized carbons (Fsp3) is 0.0741. The standard InChI is InChI=1S/C27H21FN2O2/c1-16-13-14-18(15-22(16)28)25(31)26-24(21-10-4-5-12-23(21)32-26)30-27(29)20-11-6-8-17-7-2-3-9-19(17)20/h2-15,27,30H,29H2,1H3. The number of nitrogens with two attached hydrogens (primary N) is 1. The third-order valence-corrected chi connectivity index (χ3v) is 5.69. The lowest BCUT2D eigenvalue weighted by Gasteiger charge is -2.18. The van der Waals surface area contributed by atoms with Crippen molar-refractivity contribution in [3.63, 3.8) is 0 Å². The molecule has 0 radical (unpaired) electrons. The second kappa shape index (κ2) is 7.94. The molecule has 5 heteroatoms. The van der Waals surface area contributed by atoms with Crippen molar-refractivity contribution < 1.29 is 13.6 Å². The molecule has 32 heavy (non-hydrogen) atoms. The number of hydrogen-bond acceptors (Lipinski definition) is 4. The molecule has 0 saturated carbocycles. The van der Waals surface area contributed by atoms with Gasteiger partial charge in [-0.2, -0.15) is 0 Å². The Balaban J connectivity index is 1.60. The van der Waals surface area contributed by atoms with E-state index >= 15 is 0 Å². The molecule has 4 nitrogen and oxygen atoms in total. The number of furan rings is 1. The molecule has 1 unspecified atom stereocenters. The predicted molar refractivity (Wildman–Crippen MR) is 125 cm³/mol. The van der Waals surface area contributed by atoms with E-state index < -0.39 is 17.8 Å². The van der Waals surface area contributed by atoms with E-state index in [1.807, 2.05) is 60.7 Å². The number of fused-ring (bicyclic) bond motifs is 2. The maximum absolute atomic E-state index is 14.1. The Hall–Kier alpha value is -3.96. The molecule has 0 saturated heterocycles. The first-order chi connectivity index (χ1) is 15.5. The molecular weight excluding hydrogens is 403 g/mol. The number of ketones is 1. The third-order valence-electron chi connectivity index (χ3n) is 5.69. The summed E-state index contributed by atoms with van der Waals surface area (Å²) >= 11 is 0. The van der Waals surface area contributed by atoms with Crippen LogP contribution in [0.3, 0.4) is 0 Å². The first-order valence-electron chi connectivity index (χ1n) is 10.3. The van der Waals surface area contributed by atoms with Crippen LogP contribution in [-0.4, -0.2) is 5.78 Å². The van der Waals surface area contributed by atoms with Crippen molar-refractivity contribution in [2.24, 2.45) is 5.73 Å². The van der Waals surface area contributed by atoms with E-state index in [1.165, 1.54) is 6.07 Å². The van der Waals surface area contributed by atoms with Crippen molar-refractivity contribution in [3.05, 3.63) is 113 Å². The van der Waals surface area contributed by atoms with E-state index in [1.54, 1.807) is 25.1 Å². The molecule has 0 aliphatic carbocycles. The van der Waals surface area contributed by atoms with E-state index in [2.05, 4.69) is 5.32 Å². The largest absolute Gasteiger partial charge is 0.450 e. The number of anilines is 1. The van der Waals surface area contributed by atoms with Crippen molar-refractivity contribution in [2.75, 3.05) is 5.32 Å². The number of benzene rings is 4. The van der Waals surface area contributed by atoms with Gasteiger partial charge in [0.25, 0.3) is 0 Å². The highest BCUT2D eigenvalue weighted by Crippen LogP contribution is 2.35. The van der Waals surface area contributed by atoms with Crippen LogP contribution in [0.5, 0.6) is 0 Å². The van der Waals surface area contributed by atoms with E-state index in [0.29, 0.717) is 16.8 Å². The Morgan fingerprint density at radius 3 is 2.47 bits per heavy atom. The summed E-state index contributed by atoms with van der Waals surface area (Å²) in [7, 11) is 0. The summed E-state index contributed by atoms with van der Waals surface area (Å²) in [5, 5.41) is 6.12. The lowest BCUT2D eigenvalue weighted by molar-refractivity contribution is 0.101. The van der Waals surface area contributed by atoms with Gasteiger partial charge in [-0.3, -0.25) is 4.79 Å². The van der Waals surface area contributed by atoms with E-state index in [0.717, 1.165) is 21.7 Å². The van der Waals surface area contributed by atoms with Crippen molar-refractivity contribution >= 4 is 33.2 Å². The molecule has 3 N–H and O–H groups in total. The molecule has 0 amide bonds. The maximum atomic E-state index is 14.1. The monoisotopic (exact) mass is 424 g/mol. The fourth-order valence-electron chi connectivity index (χ4n) is 3.97. The summed E-state index contributed by atoms with van der Waals surface area (Å²) in [5.74, 6) is -0.744. The van der Waals surface area contributed by atoms with E-state index in [9.17, 15) is 9.18 Å². The Kier molecular flexibility index (Phi) is 4.96. The summed E-state index contributed by atoms with van der Waals surface area (Å²) in [5.41, 5.74) is 9.20. The van der Waals surface area contributed by atoms with Crippen LogP contribution in [0, 0.1) is 12.7 Å². The maximum Gasteiger partial charge on any atom is 0.230 e. The summed E-state index contributed by atoms with van der Waals surface area (Å²) in [6.45, 7) is 1.65. The molecule has 1 heterocycles. The van der Waals surface area contributed by atoms with Gasteiger partial charge in [-0.05, 0) is 47.0 Å².